The van der Waals surface area contributed by atoms with E-state index < -0.39 is 0 Å². The van der Waals surface area contributed by atoms with Crippen LogP contribution in [0.2, 0.25) is 0 Å². The zero-order valence-corrected chi connectivity index (χ0v) is 8.53. The number of rotatable bonds is 1. The van der Waals surface area contributed by atoms with E-state index in [1.165, 1.54) is 19.5 Å². The van der Waals surface area contributed by atoms with Crippen LogP contribution < -0.4 is 0 Å². The monoisotopic (exact) mass is 181 g/mol. The standard InChI is InChI=1S/C10H15NS/c1-8(3-4-12-2)11-6-9-5-10(9)7-11/h8-10H,5-7H2,1-2H3. The summed E-state index contributed by atoms with van der Waals surface area (Å²) < 4.78 is 0. The molecular formula is C10H15NS. The Balaban J connectivity index is 1.84. The fourth-order valence-electron chi connectivity index (χ4n) is 1.99. The van der Waals surface area contributed by atoms with E-state index in [4.69, 9.17) is 0 Å². The molecule has 3 atom stereocenters. The van der Waals surface area contributed by atoms with Crippen molar-refractivity contribution in [2.45, 2.75) is 19.4 Å². The molecule has 0 radical (unpaired) electrons. The van der Waals surface area contributed by atoms with E-state index in [0.29, 0.717) is 6.04 Å². The van der Waals surface area contributed by atoms with Gasteiger partial charge in [0.05, 0.1) is 6.04 Å². The van der Waals surface area contributed by atoms with Gasteiger partial charge in [-0.15, -0.1) is 0 Å². The Labute approximate surface area is 78.9 Å². The van der Waals surface area contributed by atoms with Gasteiger partial charge in [0, 0.05) is 13.1 Å². The van der Waals surface area contributed by atoms with Crippen molar-refractivity contribution in [1.82, 2.24) is 4.90 Å². The van der Waals surface area contributed by atoms with Crippen molar-refractivity contribution in [3.63, 3.8) is 0 Å². The predicted octanol–water partition coefficient (Wildman–Crippen LogP) is 1.65. The second-order valence-electron chi connectivity index (χ2n) is 3.84. The Morgan fingerprint density at radius 2 is 2.08 bits per heavy atom. The van der Waals surface area contributed by atoms with Gasteiger partial charge in [0.2, 0.25) is 0 Å². The molecule has 1 aliphatic heterocycles. The molecular weight excluding hydrogens is 166 g/mol. The summed E-state index contributed by atoms with van der Waals surface area (Å²) in [5.74, 6) is 5.32. The minimum Gasteiger partial charge on any atom is -0.289 e. The van der Waals surface area contributed by atoms with Crippen LogP contribution in [-0.4, -0.2) is 30.3 Å². The van der Waals surface area contributed by atoms with Crippen LogP contribution in [0, 0.1) is 23.0 Å². The maximum atomic E-state index is 3.25. The van der Waals surface area contributed by atoms with Gasteiger partial charge in [-0.2, -0.15) is 0 Å². The van der Waals surface area contributed by atoms with E-state index in [9.17, 15) is 0 Å². The van der Waals surface area contributed by atoms with Gasteiger partial charge in [0.15, 0.2) is 0 Å². The van der Waals surface area contributed by atoms with E-state index in [-0.39, 0.29) is 0 Å². The molecule has 12 heavy (non-hydrogen) atoms. The number of thioether (sulfide) groups is 1. The number of piperidine rings is 1. The summed E-state index contributed by atoms with van der Waals surface area (Å²) in [4.78, 5) is 2.52. The smallest absolute Gasteiger partial charge is 0.0695 e. The lowest BCUT2D eigenvalue weighted by Crippen LogP contribution is -2.31. The lowest BCUT2D eigenvalue weighted by atomic mass is 10.3. The lowest BCUT2D eigenvalue weighted by molar-refractivity contribution is 0.277. The van der Waals surface area contributed by atoms with E-state index in [1.807, 2.05) is 6.26 Å². The van der Waals surface area contributed by atoms with Gasteiger partial charge in [-0.3, -0.25) is 4.90 Å². The van der Waals surface area contributed by atoms with Gasteiger partial charge in [0.1, 0.15) is 0 Å². The molecule has 2 heteroatoms. The second-order valence-corrected chi connectivity index (χ2v) is 4.45. The Morgan fingerprint density at radius 1 is 1.42 bits per heavy atom. The van der Waals surface area contributed by atoms with Crippen molar-refractivity contribution in [1.29, 1.82) is 0 Å². The fourth-order valence-corrected chi connectivity index (χ4v) is 2.27. The quantitative estimate of drug-likeness (QED) is 0.566. The SMILES string of the molecule is CSC#CC(C)N1CC2CC2C1. The molecule has 66 valence electrons. The van der Waals surface area contributed by atoms with Crippen LogP contribution in [0.3, 0.4) is 0 Å². The molecule has 0 aromatic heterocycles. The molecule has 0 aromatic rings. The summed E-state index contributed by atoms with van der Waals surface area (Å²) in [6.45, 7) is 4.82. The fraction of sp³-hybridized carbons (Fsp3) is 0.800. The summed E-state index contributed by atoms with van der Waals surface area (Å²) in [5.41, 5.74) is 0. The van der Waals surface area contributed by atoms with Crippen LogP contribution in [0.5, 0.6) is 0 Å². The topological polar surface area (TPSA) is 3.24 Å². The van der Waals surface area contributed by atoms with Crippen molar-refractivity contribution in [3.8, 4) is 11.2 Å². The van der Waals surface area contributed by atoms with Crippen molar-refractivity contribution in [3.05, 3.63) is 0 Å². The average molecular weight is 181 g/mol. The van der Waals surface area contributed by atoms with E-state index in [0.717, 1.165) is 11.8 Å². The molecule has 2 rings (SSSR count). The molecule has 1 heterocycles. The number of fused-ring (bicyclic) bond motifs is 1. The molecule has 1 aliphatic carbocycles. The van der Waals surface area contributed by atoms with E-state index in [2.05, 4.69) is 23.0 Å². The highest BCUT2D eigenvalue weighted by atomic mass is 32.2. The minimum absolute atomic E-state index is 0.477. The number of likely N-dealkylation sites (tertiary alicyclic amines) is 1. The van der Waals surface area contributed by atoms with Crippen LogP contribution in [0.25, 0.3) is 0 Å². The zero-order valence-electron chi connectivity index (χ0n) is 7.71. The maximum Gasteiger partial charge on any atom is 0.0695 e. The minimum atomic E-state index is 0.477. The average Bonchev–Trinajstić information content (AvgIpc) is 2.69. The van der Waals surface area contributed by atoms with Crippen molar-refractivity contribution >= 4 is 11.8 Å². The first-order valence-electron chi connectivity index (χ1n) is 4.59. The molecule has 3 unspecified atom stereocenters. The van der Waals surface area contributed by atoms with E-state index >= 15 is 0 Å². The maximum absolute atomic E-state index is 3.25. The van der Waals surface area contributed by atoms with Crippen molar-refractivity contribution in [2.24, 2.45) is 11.8 Å². The first kappa shape index (κ1) is 8.47. The first-order chi connectivity index (χ1) is 5.81. The lowest BCUT2D eigenvalue weighted by Gasteiger charge is -2.20. The molecule has 1 nitrogen and oxygen atoms in total. The summed E-state index contributed by atoms with van der Waals surface area (Å²) >= 11 is 1.61. The number of hydrogen-bond acceptors (Lipinski definition) is 2. The summed E-state index contributed by atoms with van der Waals surface area (Å²) in [6, 6.07) is 0.477. The van der Waals surface area contributed by atoms with Crippen LogP contribution in [0.4, 0.5) is 0 Å². The Morgan fingerprint density at radius 3 is 2.67 bits per heavy atom. The van der Waals surface area contributed by atoms with Gasteiger partial charge in [0.25, 0.3) is 0 Å². The van der Waals surface area contributed by atoms with Crippen LogP contribution >= 0.6 is 11.8 Å². The zero-order chi connectivity index (χ0) is 8.55. The highest BCUT2D eigenvalue weighted by Gasteiger charge is 2.45. The van der Waals surface area contributed by atoms with Crippen LogP contribution in [0.1, 0.15) is 13.3 Å². The normalized spacial score (nSPS) is 35.2. The van der Waals surface area contributed by atoms with E-state index in [1.54, 1.807) is 11.8 Å². The molecule has 0 bridgehead atoms. The Hall–Kier alpha value is -0.130. The Kier molecular flexibility index (Phi) is 2.34. The third-order valence-electron chi connectivity index (χ3n) is 2.92. The van der Waals surface area contributed by atoms with Gasteiger partial charge in [-0.25, -0.2) is 0 Å². The molecule has 0 amide bonds. The molecule has 0 spiro atoms. The largest absolute Gasteiger partial charge is 0.289 e. The van der Waals surface area contributed by atoms with Gasteiger partial charge in [-0.05, 0) is 36.7 Å². The van der Waals surface area contributed by atoms with Crippen LogP contribution in [0.15, 0.2) is 0 Å². The van der Waals surface area contributed by atoms with Gasteiger partial charge < -0.3 is 0 Å². The van der Waals surface area contributed by atoms with Gasteiger partial charge in [-0.1, -0.05) is 17.7 Å². The third-order valence-corrected chi connectivity index (χ3v) is 3.25. The van der Waals surface area contributed by atoms with Crippen molar-refractivity contribution in [2.75, 3.05) is 19.3 Å². The highest BCUT2D eigenvalue weighted by molar-refractivity contribution is 8.03. The predicted molar refractivity (Wildman–Crippen MR) is 53.9 cm³/mol. The second kappa shape index (κ2) is 3.32. The van der Waals surface area contributed by atoms with Gasteiger partial charge >= 0.3 is 0 Å². The summed E-state index contributed by atoms with van der Waals surface area (Å²) in [5, 5.41) is 3.08. The first-order valence-corrected chi connectivity index (χ1v) is 5.81. The van der Waals surface area contributed by atoms with Crippen LogP contribution in [-0.2, 0) is 0 Å². The summed E-state index contributed by atoms with van der Waals surface area (Å²) in [6.07, 6.45) is 3.51. The molecule has 1 saturated heterocycles. The highest BCUT2D eigenvalue weighted by Crippen LogP contribution is 2.45. The van der Waals surface area contributed by atoms with Crippen molar-refractivity contribution < 1.29 is 0 Å². The number of nitrogens with zero attached hydrogens (tertiary/aromatic N) is 1. The number of hydrogen-bond donors (Lipinski definition) is 0. The molecule has 0 aromatic carbocycles. The summed E-state index contributed by atoms with van der Waals surface area (Å²) in [7, 11) is 0. The molecule has 0 N–H and O–H groups in total. The molecule has 1 saturated carbocycles. The molecule has 2 aliphatic rings. The molecule has 2 fully saturated rings. The third kappa shape index (κ3) is 1.62. The Bertz CT molecular complexity index is 218.